The monoisotopic (exact) mass is 213 g/mol. The van der Waals surface area contributed by atoms with Crippen LogP contribution >= 0.6 is 0 Å². The molecule has 78 valence electrons. The number of allylic oxidation sites excluding steroid dienone is 1. The Morgan fingerprint density at radius 3 is 2.21 bits per heavy atom. The molecule has 1 rings (SSSR count). The fraction of sp³-hybridized carbons (Fsp3) is 0.286. The number of alkyl halides is 3. The Kier molecular flexibility index (Phi) is 2.59. The number of hydrogen-bond donors (Lipinski definition) is 0. The predicted molar refractivity (Wildman–Crippen MR) is 37.1 cm³/mol. The van der Waals surface area contributed by atoms with E-state index in [2.05, 4.69) is 0 Å². The van der Waals surface area contributed by atoms with Crippen molar-refractivity contribution in [3.63, 3.8) is 0 Å². The highest BCUT2D eigenvalue weighted by molar-refractivity contribution is 5.40. The van der Waals surface area contributed by atoms with Crippen LogP contribution < -0.4 is 4.57 Å². The van der Waals surface area contributed by atoms with Gasteiger partial charge in [0.05, 0.1) is 7.05 Å². The van der Waals surface area contributed by atoms with Gasteiger partial charge in [0.2, 0.25) is 0 Å². The molecule has 0 atom stereocenters. The predicted octanol–water partition coefficient (Wildman–Crippen LogP) is 1.94. The fourth-order valence-corrected chi connectivity index (χ4v) is 0.797. The summed E-state index contributed by atoms with van der Waals surface area (Å²) in [6, 6.07) is 0. The summed E-state index contributed by atoms with van der Waals surface area (Å²) < 4.78 is 61.9. The summed E-state index contributed by atoms with van der Waals surface area (Å²) in [7, 11) is 1.47. The maximum Gasteiger partial charge on any atom is 0.449 e. The van der Waals surface area contributed by atoms with Crippen molar-refractivity contribution >= 4 is 5.95 Å². The zero-order valence-electron chi connectivity index (χ0n) is 7.02. The lowest BCUT2D eigenvalue weighted by Gasteiger charge is -2.01. The molecule has 1 heterocycles. The third kappa shape index (κ3) is 2.09. The minimum absolute atomic E-state index is 0.406. The molecule has 1 aromatic heterocycles. The van der Waals surface area contributed by atoms with E-state index in [9.17, 15) is 22.0 Å². The molecule has 0 aliphatic carbocycles. The zero-order valence-corrected chi connectivity index (χ0v) is 7.02. The van der Waals surface area contributed by atoms with Crippen molar-refractivity contribution in [3.05, 3.63) is 24.5 Å². The van der Waals surface area contributed by atoms with Gasteiger partial charge in [-0.2, -0.15) is 26.5 Å². The summed E-state index contributed by atoms with van der Waals surface area (Å²) >= 11 is 0. The summed E-state index contributed by atoms with van der Waals surface area (Å²) in [4.78, 5) is 0. The Labute approximate surface area is 75.9 Å². The van der Waals surface area contributed by atoms with Crippen molar-refractivity contribution in [1.29, 1.82) is 0 Å². The molecule has 0 amide bonds. The third-order valence-electron chi connectivity index (χ3n) is 1.43. The third-order valence-corrected chi connectivity index (χ3v) is 1.43. The highest BCUT2D eigenvalue weighted by Gasteiger charge is 2.40. The minimum Gasteiger partial charge on any atom is -0.239 e. The largest absolute Gasteiger partial charge is 0.449 e. The normalized spacial score (nSPS) is 14.1. The van der Waals surface area contributed by atoms with E-state index in [1.54, 1.807) is 0 Å². The van der Waals surface area contributed by atoms with E-state index >= 15 is 0 Å². The van der Waals surface area contributed by atoms with Crippen molar-refractivity contribution in [2.75, 3.05) is 0 Å². The molecule has 0 aliphatic heterocycles. The number of imidazole rings is 1. The van der Waals surface area contributed by atoms with E-state index in [0.29, 0.717) is 4.57 Å². The Hall–Kier alpha value is -1.40. The van der Waals surface area contributed by atoms with E-state index in [1.807, 2.05) is 0 Å². The molecule has 0 fully saturated rings. The summed E-state index contributed by atoms with van der Waals surface area (Å²) in [6.07, 6.45) is -2.07. The van der Waals surface area contributed by atoms with Crippen LogP contribution in [0.15, 0.2) is 24.5 Å². The standard InChI is InChI=1S/C7H6F5N2/c1-13-2-3-14(4-13)6(9)5(8)7(10,11)12/h2-4H,1H3/q+1/b6-5-. The Morgan fingerprint density at radius 1 is 1.29 bits per heavy atom. The van der Waals surface area contributed by atoms with Crippen LogP contribution in [0.1, 0.15) is 0 Å². The zero-order chi connectivity index (χ0) is 10.9. The molecular formula is C7H6F5N2+. The van der Waals surface area contributed by atoms with Gasteiger partial charge < -0.3 is 0 Å². The van der Waals surface area contributed by atoms with E-state index < -0.39 is 18.0 Å². The molecule has 0 saturated heterocycles. The van der Waals surface area contributed by atoms with Crippen LogP contribution in [0.2, 0.25) is 0 Å². The molecule has 1 aromatic rings. The van der Waals surface area contributed by atoms with Gasteiger partial charge in [-0.3, -0.25) is 0 Å². The van der Waals surface area contributed by atoms with Gasteiger partial charge in [-0.25, -0.2) is 4.57 Å². The lowest BCUT2D eigenvalue weighted by molar-refractivity contribution is -0.670. The average Bonchev–Trinajstić information content (AvgIpc) is 2.47. The maximum absolute atomic E-state index is 12.8. The van der Waals surface area contributed by atoms with Crippen LogP contribution in [0, 0.1) is 0 Å². The minimum atomic E-state index is -5.30. The van der Waals surface area contributed by atoms with Gasteiger partial charge in [0, 0.05) is 0 Å². The smallest absolute Gasteiger partial charge is 0.239 e. The summed E-state index contributed by atoms with van der Waals surface area (Å²) in [6.45, 7) is 0. The first-order valence-corrected chi connectivity index (χ1v) is 3.48. The van der Waals surface area contributed by atoms with Gasteiger partial charge in [0.25, 0.3) is 12.2 Å². The van der Waals surface area contributed by atoms with Gasteiger partial charge >= 0.3 is 12.1 Å². The van der Waals surface area contributed by atoms with Crippen LogP contribution in [0.4, 0.5) is 22.0 Å². The van der Waals surface area contributed by atoms with Crippen molar-refractivity contribution in [1.82, 2.24) is 4.57 Å². The Bertz CT molecular complexity index is 362. The van der Waals surface area contributed by atoms with Crippen molar-refractivity contribution in [2.24, 2.45) is 7.05 Å². The number of hydrogen-bond acceptors (Lipinski definition) is 0. The second-order valence-electron chi connectivity index (χ2n) is 2.59. The highest BCUT2D eigenvalue weighted by atomic mass is 19.4. The number of rotatable bonds is 1. The topological polar surface area (TPSA) is 8.81 Å². The molecule has 2 nitrogen and oxygen atoms in total. The van der Waals surface area contributed by atoms with E-state index in [1.165, 1.54) is 17.8 Å². The molecule has 0 aromatic carbocycles. The lowest BCUT2D eigenvalue weighted by atomic mass is 10.5. The van der Waals surface area contributed by atoms with Crippen molar-refractivity contribution < 1.29 is 26.5 Å². The first-order chi connectivity index (χ1) is 6.32. The molecule has 0 N–H and O–H groups in total. The molecular weight excluding hydrogens is 207 g/mol. The summed E-state index contributed by atoms with van der Waals surface area (Å²) in [5, 5.41) is 0. The highest BCUT2D eigenvalue weighted by Crippen LogP contribution is 2.31. The SMILES string of the molecule is C[n+]1ccn(/C(F)=C(\F)C(F)(F)F)c1. The van der Waals surface area contributed by atoms with Gasteiger partial charge in [0.15, 0.2) is 0 Å². The van der Waals surface area contributed by atoms with E-state index in [0.717, 1.165) is 12.5 Å². The van der Waals surface area contributed by atoms with Gasteiger partial charge in [-0.15, -0.1) is 0 Å². The van der Waals surface area contributed by atoms with E-state index in [4.69, 9.17) is 0 Å². The number of aryl methyl sites for hydroxylation is 1. The Balaban J connectivity index is 3.11. The molecule has 0 spiro atoms. The van der Waals surface area contributed by atoms with Crippen LogP contribution in [-0.2, 0) is 7.05 Å². The van der Waals surface area contributed by atoms with Crippen molar-refractivity contribution in [2.45, 2.75) is 6.18 Å². The lowest BCUT2D eigenvalue weighted by Crippen LogP contribution is -2.23. The van der Waals surface area contributed by atoms with Gasteiger partial charge in [-0.05, 0) is 0 Å². The molecule has 0 bridgehead atoms. The van der Waals surface area contributed by atoms with Crippen LogP contribution in [0.5, 0.6) is 0 Å². The van der Waals surface area contributed by atoms with Gasteiger partial charge in [-0.1, -0.05) is 0 Å². The first kappa shape index (κ1) is 10.7. The molecule has 0 radical (unpaired) electrons. The molecule has 7 heteroatoms. The van der Waals surface area contributed by atoms with E-state index in [-0.39, 0.29) is 0 Å². The van der Waals surface area contributed by atoms with Crippen LogP contribution in [-0.4, -0.2) is 10.7 Å². The number of halogens is 5. The van der Waals surface area contributed by atoms with Crippen LogP contribution in [0.3, 0.4) is 0 Å². The quantitative estimate of drug-likeness (QED) is 0.498. The number of aromatic nitrogens is 2. The average molecular weight is 213 g/mol. The fourth-order valence-electron chi connectivity index (χ4n) is 0.797. The first-order valence-electron chi connectivity index (χ1n) is 3.48. The maximum atomic E-state index is 12.8. The summed E-state index contributed by atoms with van der Waals surface area (Å²) in [5.41, 5.74) is 0. The Morgan fingerprint density at radius 2 is 1.86 bits per heavy atom. The molecule has 0 unspecified atom stereocenters. The number of nitrogens with zero attached hydrogens (tertiary/aromatic N) is 2. The second kappa shape index (κ2) is 3.39. The summed E-state index contributed by atoms with van der Waals surface area (Å²) in [5.74, 6) is -4.72. The van der Waals surface area contributed by atoms with Crippen LogP contribution in [0.25, 0.3) is 5.95 Å². The second-order valence-corrected chi connectivity index (χ2v) is 2.59. The molecule has 0 saturated carbocycles. The van der Waals surface area contributed by atoms with Gasteiger partial charge in [0.1, 0.15) is 12.4 Å². The van der Waals surface area contributed by atoms with Crippen molar-refractivity contribution in [3.8, 4) is 0 Å². The molecule has 0 aliphatic rings. The molecule has 14 heavy (non-hydrogen) atoms.